The Morgan fingerprint density at radius 3 is 2.86 bits per heavy atom. The maximum atomic E-state index is 3.77. The molecule has 1 heterocycles. The van der Waals surface area contributed by atoms with Gasteiger partial charge in [0.05, 0.1) is 6.20 Å². The normalized spacial score (nSPS) is 8.71. The van der Waals surface area contributed by atoms with E-state index >= 15 is 0 Å². The molecule has 0 aliphatic rings. The largest absolute Gasteiger partial charge is 0.239 e. The highest BCUT2D eigenvalue weighted by Crippen LogP contribution is 1.99. The van der Waals surface area contributed by atoms with Crippen LogP contribution in [0.4, 0.5) is 0 Å². The summed E-state index contributed by atoms with van der Waals surface area (Å²) in [6.45, 7) is 0. The second kappa shape index (κ2) is 2.07. The lowest BCUT2D eigenvalue weighted by molar-refractivity contribution is 1.26. The van der Waals surface area contributed by atoms with E-state index < -0.39 is 0 Å². The van der Waals surface area contributed by atoms with Crippen LogP contribution in [0, 0.1) is 6.20 Å². The van der Waals surface area contributed by atoms with Crippen molar-refractivity contribution >= 4 is 15.9 Å². The predicted octanol–water partition coefficient (Wildman–Crippen LogP) is 1.64. The number of aromatic nitrogens is 1. The first-order valence-corrected chi connectivity index (χ1v) is 2.67. The van der Waals surface area contributed by atoms with Gasteiger partial charge in [0.15, 0.2) is 0 Å². The highest BCUT2D eigenvalue weighted by Gasteiger charge is 1.76. The van der Waals surface area contributed by atoms with Crippen molar-refractivity contribution in [2.75, 3.05) is 0 Å². The Morgan fingerprint density at radius 1 is 1.71 bits per heavy atom. The van der Waals surface area contributed by atoms with Crippen LogP contribution in [-0.2, 0) is 0 Å². The average molecular weight is 157 g/mol. The SMILES string of the molecule is Brc1ccc[c]n1. The molecule has 0 fully saturated rings. The molecule has 0 aliphatic heterocycles. The smallest absolute Gasteiger partial charge is 0.106 e. The van der Waals surface area contributed by atoms with E-state index in [0.29, 0.717) is 0 Å². The molecule has 1 aromatic rings. The highest BCUT2D eigenvalue weighted by atomic mass is 79.9. The molecule has 0 N–H and O–H groups in total. The van der Waals surface area contributed by atoms with Crippen molar-refractivity contribution < 1.29 is 0 Å². The lowest BCUT2D eigenvalue weighted by Gasteiger charge is -1.79. The fourth-order valence-corrected chi connectivity index (χ4v) is 0.562. The number of halogens is 1. The minimum atomic E-state index is 0.829. The van der Waals surface area contributed by atoms with Gasteiger partial charge in [-0.15, -0.1) is 0 Å². The van der Waals surface area contributed by atoms with Gasteiger partial charge in [-0.05, 0) is 28.1 Å². The number of nitrogens with zero attached hydrogens (tertiary/aromatic N) is 1. The molecule has 0 saturated carbocycles. The molecular weight excluding hydrogens is 154 g/mol. The molecule has 1 radical (unpaired) electrons. The summed E-state index contributed by atoms with van der Waals surface area (Å²) in [6.07, 6.45) is 2.66. The molecule has 0 aromatic carbocycles. The summed E-state index contributed by atoms with van der Waals surface area (Å²) in [5, 5.41) is 0. The van der Waals surface area contributed by atoms with Crippen molar-refractivity contribution in [3.8, 4) is 0 Å². The Bertz CT molecular complexity index is 138. The Kier molecular flexibility index (Phi) is 1.42. The first-order chi connectivity index (χ1) is 3.39. The van der Waals surface area contributed by atoms with Crippen molar-refractivity contribution in [1.29, 1.82) is 0 Å². The summed E-state index contributed by atoms with van der Waals surface area (Å²) in [7, 11) is 0. The van der Waals surface area contributed by atoms with Crippen LogP contribution in [0.1, 0.15) is 0 Å². The lowest BCUT2D eigenvalue weighted by atomic mass is 10.5. The van der Waals surface area contributed by atoms with Crippen LogP contribution in [0.3, 0.4) is 0 Å². The van der Waals surface area contributed by atoms with Gasteiger partial charge < -0.3 is 0 Å². The third-order valence-electron chi connectivity index (χ3n) is 0.576. The average Bonchev–Trinajstić information content (AvgIpc) is 1.69. The van der Waals surface area contributed by atoms with Crippen molar-refractivity contribution in [2.45, 2.75) is 0 Å². The van der Waals surface area contributed by atoms with E-state index in [9.17, 15) is 0 Å². The maximum absolute atomic E-state index is 3.77. The van der Waals surface area contributed by atoms with E-state index in [4.69, 9.17) is 0 Å². The third kappa shape index (κ3) is 1.27. The van der Waals surface area contributed by atoms with Gasteiger partial charge in [0.1, 0.15) is 4.60 Å². The van der Waals surface area contributed by atoms with E-state index in [0.717, 1.165) is 4.60 Å². The molecule has 35 valence electrons. The van der Waals surface area contributed by atoms with Gasteiger partial charge in [-0.25, -0.2) is 4.98 Å². The van der Waals surface area contributed by atoms with Gasteiger partial charge in [0.2, 0.25) is 0 Å². The van der Waals surface area contributed by atoms with Crippen LogP contribution in [0.2, 0.25) is 0 Å². The van der Waals surface area contributed by atoms with Gasteiger partial charge in [-0.3, -0.25) is 0 Å². The fourth-order valence-electron chi connectivity index (χ4n) is 0.307. The molecule has 7 heavy (non-hydrogen) atoms. The quantitative estimate of drug-likeness (QED) is 0.521. The molecular formula is C5H3BrN. The molecule has 0 unspecified atom stereocenters. The molecule has 1 rings (SSSR count). The number of rotatable bonds is 0. The summed E-state index contributed by atoms with van der Waals surface area (Å²) in [4.78, 5) is 3.77. The van der Waals surface area contributed by atoms with E-state index in [1.54, 1.807) is 6.07 Å². The summed E-state index contributed by atoms with van der Waals surface area (Å²) >= 11 is 3.17. The van der Waals surface area contributed by atoms with Crippen molar-refractivity contribution in [1.82, 2.24) is 4.98 Å². The zero-order chi connectivity index (χ0) is 5.11. The second-order valence-corrected chi connectivity index (χ2v) is 1.90. The van der Waals surface area contributed by atoms with Gasteiger partial charge in [0.25, 0.3) is 0 Å². The first kappa shape index (κ1) is 4.78. The van der Waals surface area contributed by atoms with Gasteiger partial charge in [-0.2, -0.15) is 0 Å². The molecule has 0 spiro atoms. The number of hydrogen-bond donors (Lipinski definition) is 0. The van der Waals surface area contributed by atoms with Crippen molar-refractivity contribution in [2.24, 2.45) is 0 Å². The Morgan fingerprint density at radius 2 is 2.57 bits per heavy atom. The number of hydrogen-bond acceptors (Lipinski definition) is 1. The van der Waals surface area contributed by atoms with Crippen LogP contribution in [0.15, 0.2) is 22.8 Å². The molecule has 0 saturated heterocycles. The van der Waals surface area contributed by atoms with E-state index in [-0.39, 0.29) is 0 Å². The van der Waals surface area contributed by atoms with E-state index in [2.05, 4.69) is 27.1 Å². The zero-order valence-electron chi connectivity index (χ0n) is 3.56. The van der Waals surface area contributed by atoms with Crippen molar-refractivity contribution in [3.63, 3.8) is 0 Å². The Balaban J connectivity index is 3.02. The van der Waals surface area contributed by atoms with Crippen LogP contribution in [-0.4, -0.2) is 4.98 Å². The van der Waals surface area contributed by atoms with Crippen LogP contribution in [0.25, 0.3) is 0 Å². The van der Waals surface area contributed by atoms with Gasteiger partial charge >= 0.3 is 0 Å². The second-order valence-electron chi connectivity index (χ2n) is 1.09. The van der Waals surface area contributed by atoms with Crippen LogP contribution in [0.5, 0.6) is 0 Å². The molecule has 0 aliphatic carbocycles. The number of pyridine rings is 1. The summed E-state index contributed by atoms with van der Waals surface area (Å²) in [5.41, 5.74) is 0. The Hall–Kier alpha value is -0.370. The zero-order valence-corrected chi connectivity index (χ0v) is 5.14. The predicted molar refractivity (Wildman–Crippen MR) is 30.8 cm³/mol. The highest BCUT2D eigenvalue weighted by molar-refractivity contribution is 9.10. The first-order valence-electron chi connectivity index (χ1n) is 1.88. The molecule has 2 heteroatoms. The Labute approximate surface area is 50.5 Å². The minimum Gasteiger partial charge on any atom is -0.239 e. The maximum Gasteiger partial charge on any atom is 0.106 e. The minimum absolute atomic E-state index is 0.829. The summed E-state index contributed by atoms with van der Waals surface area (Å²) in [6, 6.07) is 5.48. The van der Waals surface area contributed by atoms with Gasteiger partial charge in [-0.1, -0.05) is 6.07 Å². The van der Waals surface area contributed by atoms with E-state index in [1.165, 1.54) is 0 Å². The molecule has 0 atom stereocenters. The standard InChI is InChI=1S/C5H3BrN/c6-5-3-1-2-4-7-5/h1-3H. The van der Waals surface area contributed by atoms with Crippen LogP contribution >= 0.6 is 15.9 Å². The van der Waals surface area contributed by atoms with Crippen LogP contribution < -0.4 is 0 Å². The molecule has 0 amide bonds. The van der Waals surface area contributed by atoms with Gasteiger partial charge in [0, 0.05) is 0 Å². The summed E-state index contributed by atoms with van der Waals surface area (Å²) in [5.74, 6) is 0. The monoisotopic (exact) mass is 156 g/mol. The summed E-state index contributed by atoms with van der Waals surface area (Å²) < 4.78 is 0.829. The van der Waals surface area contributed by atoms with Crippen molar-refractivity contribution in [3.05, 3.63) is 29.0 Å². The molecule has 1 aromatic heterocycles. The van der Waals surface area contributed by atoms with E-state index in [1.807, 2.05) is 12.1 Å². The fraction of sp³-hybridized carbons (Fsp3) is 0. The topological polar surface area (TPSA) is 12.9 Å². The molecule has 0 bridgehead atoms. The molecule has 1 nitrogen and oxygen atoms in total. The third-order valence-corrected chi connectivity index (χ3v) is 1.02. The lowest BCUT2D eigenvalue weighted by Crippen LogP contribution is -1.67.